The van der Waals surface area contributed by atoms with Gasteiger partial charge in [0.1, 0.15) is 42.6 Å². The van der Waals surface area contributed by atoms with E-state index in [1.807, 2.05) is 32.3 Å². The third-order valence-corrected chi connectivity index (χ3v) is 14.5. The average molecular weight is 1170 g/mol. The van der Waals surface area contributed by atoms with E-state index in [-0.39, 0.29) is 86.9 Å². The maximum absolute atomic E-state index is 13.6. The summed E-state index contributed by atoms with van der Waals surface area (Å²) in [6.07, 6.45) is 10.6. The van der Waals surface area contributed by atoms with Gasteiger partial charge in [-0.2, -0.15) is 11.8 Å². The predicted molar refractivity (Wildman–Crippen MR) is 307 cm³/mol. The summed E-state index contributed by atoms with van der Waals surface area (Å²) in [6.45, 7) is 13.1. The van der Waals surface area contributed by atoms with Gasteiger partial charge in [-0.1, -0.05) is 63.1 Å². The molecule has 82 heavy (non-hydrogen) atoms. The number of nitrogens with two attached hydrogens (primary N) is 1. The zero-order valence-electron chi connectivity index (χ0n) is 48.5. The smallest absolute Gasteiger partial charge is 0.408 e. The number of carbonyl (C=O) groups is 9. The molecule has 3 aliphatic heterocycles. The Labute approximate surface area is 485 Å². The number of allylic oxidation sites excluding steroid dienone is 2. The highest BCUT2D eigenvalue weighted by molar-refractivity contribution is 7.99. The third kappa shape index (κ3) is 24.9. The lowest BCUT2D eigenvalue weighted by atomic mass is 9.87. The molecule has 1 aromatic carbocycles. The van der Waals surface area contributed by atoms with E-state index in [1.165, 1.54) is 30.8 Å². The van der Waals surface area contributed by atoms with Gasteiger partial charge in [0.15, 0.2) is 0 Å². The minimum Gasteiger partial charge on any atom is -0.459 e. The van der Waals surface area contributed by atoms with Crippen molar-refractivity contribution in [1.82, 2.24) is 37.2 Å². The predicted octanol–water partition coefficient (Wildman–Crippen LogP) is 3.41. The maximum Gasteiger partial charge on any atom is 0.408 e. The first-order valence-corrected chi connectivity index (χ1v) is 29.5. The normalized spacial score (nSPS) is 23.4. The Morgan fingerprint density at radius 2 is 1.59 bits per heavy atom. The van der Waals surface area contributed by atoms with E-state index in [1.54, 1.807) is 51.1 Å². The molecular weight excluding hydrogens is 1080 g/mol. The van der Waals surface area contributed by atoms with E-state index in [9.17, 15) is 48.3 Å². The third-order valence-electron chi connectivity index (χ3n) is 14.0. The molecule has 1 spiro atoms. The molecule has 11 N–H and O–H groups in total. The summed E-state index contributed by atoms with van der Waals surface area (Å²) < 4.78 is 28.6. The Bertz CT molecular complexity index is 2400. The van der Waals surface area contributed by atoms with E-state index >= 15 is 0 Å². The van der Waals surface area contributed by atoms with Crippen LogP contribution in [0.1, 0.15) is 118 Å². The molecule has 1 aromatic rings. The van der Waals surface area contributed by atoms with Crippen molar-refractivity contribution in [2.75, 3.05) is 43.7 Å². The number of esters is 1. The number of primary amides is 1. The largest absolute Gasteiger partial charge is 0.459 e. The SMILES string of the molecule is CSCC(=O)NCCCCCC(=O)N[C@H](C(=O)N[C@@H](CCCNC(N)=O)C(=O)Nc1ccc(COC(=O)NCNC(=O)C[C@@H]2C[C@@]3(CO3)[C@H](O)[C@@H](/C=C/C(C)=C/C[C@@H]3O[C@H](C)[C@H](NC(=O)/C=C\[C@H](C)OC(C)=O)C[C@@H]3C)O2)cc1)C(C)C. The summed E-state index contributed by atoms with van der Waals surface area (Å²) in [5, 5.41) is 32.9. The Morgan fingerprint density at radius 1 is 0.866 bits per heavy atom. The minimum atomic E-state index is -1.05. The van der Waals surface area contributed by atoms with Gasteiger partial charge in [-0.05, 0) is 101 Å². The minimum absolute atomic E-state index is 0.0373. The molecule has 0 bridgehead atoms. The number of ether oxygens (including phenoxy) is 5. The van der Waals surface area contributed by atoms with Crippen LogP contribution in [-0.4, -0.2) is 157 Å². The molecule has 11 atom stereocenters. The van der Waals surface area contributed by atoms with Crippen molar-refractivity contribution in [2.24, 2.45) is 17.6 Å². The molecule has 9 amide bonds. The Morgan fingerprint density at radius 3 is 2.26 bits per heavy atom. The van der Waals surface area contributed by atoms with Crippen molar-refractivity contribution < 1.29 is 71.9 Å². The van der Waals surface area contributed by atoms with Crippen LogP contribution in [0.25, 0.3) is 0 Å². The van der Waals surface area contributed by atoms with Crippen molar-refractivity contribution in [2.45, 2.75) is 180 Å². The summed E-state index contributed by atoms with van der Waals surface area (Å²) in [4.78, 5) is 112. The van der Waals surface area contributed by atoms with Crippen LogP contribution >= 0.6 is 11.8 Å². The summed E-state index contributed by atoms with van der Waals surface area (Å²) in [6, 6.07) is 3.53. The second kappa shape index (κ2) is 34.8. The van der Waals surface area contributed by atoms with Gasteiger partial charge >= 0.3 is 18.1 Å². The van der Waals surface area contributed by atoms with Gasteiger partial charge < -0.3 is 77.1 Å². The lowest BCUT2D eigenvalue weighted by molar-refractivity contribution is -0.145. The number of aliphatic hydroxyl groups is 1. The lowest BCUT2D eigenvalue weighted by Crippen LogP contribution is -2.54. The van der Waals surface area contributed by atoms with Crippen LogP contribution in [0.2, 0.25) is 0 Å². The van der Waals surface area contributed by atoms with Gasteiger partial charge in [0.05, 0.1) is 49.8 Å². The highest BCUT2D eigenvalue weighted by Crippen LogP contribution is 2.43. The molecule has 3 aliphatic rings. The first-order chi connectivity index (χ1) is 39.0. The Hall–Kier alpha value is -6.54. The molecule has 0 radical (unpaired) electrons. The molecule has 0 aliphatic carbocycles. The van der Waals surface area contributed by atoms with E-state index in [0.717, 1.165) is 5.57 Å². The van der Waals surface area contributed by atoms with Crippen LogP contribution in [0.15, 0.2) is 60.2 Å². The van der Waals surface area contributed by atoms with Crippen molar-refractivity contribution in [3.05, 3.63) is 65.8 Å². The molecule has 24 nitrogen and oxygen atoms in total. The second-order valence-electron chi connectivity index (χ2n) is 21.4. The van der Waals surface area contributed by atoms with Crippen LogP contribution in [0.5, 0.6) is 0 Å². The van der Waals surface area contributed by atoms with Crippen molar-refractivity contribution in [3.63, 3.8) is 0 Å². The van der Waals surface area contributed by atoms with E-state index in [4.69, 9.17) is 29.4 Å². The van der Waals surface area contributed by atoms with Gasteiger partial charge in [-0.3, -0.25) is 33.6 Å². The molecule has 3 fully saturated rings. The molecular formula is C57H87N9O15S. The first-order valence-electron chi connectivity index (χ1n) is 28.1. The number of aliphatic hydroxyl groups excluding tert-OH is 1. The lowest BCUT2D eigenvalue weighted by Gasteiger charge is -2.39. The van der Waals surface area contributed by atoms with Crippen LogP contribution < -0.4 is 48.3 Å². The number of epoxide rings is 1. The number of anilines is 1. The second-order valence-corrected chi connectivity index (χ2v) is 22.3. The fourth-order valence-electron chi connectivity index (χ4n) is 9.32. The number of rotatable bonds is 32. The topological polar surface area (TPSA) is 346 Å². The number of alkyl carbamates (subject to hydrolysis) is 1. The molecule has 3 heterocycles. The first kappa shape index (κ1) is 68.0. The molecule has 0 saturated carbocycles. The number of unbranched alkanes of at least 4 members (excludes halogenated alkanes) is 2. The molecule has 25 heteroatoms. The Balaban J connectivity index is 1.19. The summed E-state index contributed by atoms with van der Waals surface area (Å²) in [7, 11) is 0. The summed E-state index contributed by atoms with van der Waals surface area (Å²) in [5.41, 5.74) is 6.25. The highest BCUT2D eigenvalue weighted by Gasteiger charge is 2.58. The average Bonchev–Trinajstić information content (AvgIpc) is 2.53. The van der Waals surface area contributed by atoms with E-state index in [2.05, 4.69) is 49.5 Å². The number of thioether (sulfide) groups is 1. The van der Waals surface area contributed by atoms with Gasteiger partial charge in [-0.15, -0.1) is 0 Å². The van der Waals surface area contributed by atoms with E-state index in [0.29, 0.717) is 75.1 Å². The van der Waals surface area contributed by atoms with Gasteiger partial charge in [-0.25, -0.2) is 9.59 Å². The number of nitrogens with one attached hydrogen (secondary N) is 8. The molecule has 0 aromatic heterocycles. The van der Waals surface area contributed by atoms with Crippen molar-refractivity contribution >= 4 is 71.0 Å². The Kier molecular flexibility index (Phi) is 28.8. The fraction of sp³-hybridized carbons (Fsp3) is 0.632. The fourth-order valence-corrected chi connectivity index (χ4v) is 9.68. The molecule has 3 saturated heterocycles. The van der Waals surface area contributed by atoms with Gasteiger partial charge in [0, 0.05) is 44.6 Å². The number of benzene rings is 1. The number of hydrogen-bond acceptors (Lipinski definition) is 16. The van der Waals surface area contributed by atoms with Crippen LogP contribution in [0.4, 0.5) is 15.3 Å². The highest BCUT2D eigenvalue weighted by atomic mass is 32.2. The standard InChI is InChI=1S/C57H87N9O15S/c1-34(2)51(66-47(68)14-10-9-11-25-59-50(71)31-82-8)54(74)65-43(13-12-26-60-55(58)75)53(73)63-41-20-18-40(19-21-41)30-77-56(76)62-33-61-49(70)28-42-29-57(32-78-57)52(72)46(81-42)23-16-35(3)15-22-45-36(4)27-44(38(6)80-45)64-48(69)24-17-37(5)79-39(7)67/h15-21,23-24,34,36-38,42-46,51-52,72H,9-14,22,25-33H2,1-8H3,(H,59,71)(H,61,70)(H,62,76)(H,63,73)(H,64,69)(H,65,74)(H,66,68)(H3,58,60,75)/b23-16+,24-17-,35-15+/t36-,37-,38+,42+,43-,44+,45-,46+,51-,52+,57+/m0/s1. The van der Waals surface area contributed by atoms with Crippen molar-refractivity contribution in [1.29, 1.82) is 0 Å². The molecule has 456 valence electrons. The monoisotopic (exact) mass is 1170 g/mol. The number of carbonyl (C=O) groups excluding carboxylic acids is 9. The zero-order valence-corrected chi connectivity index (χ0v) is 49.3. The number of hydrogen-bond donors (Lipinski definition) is 10. The van der Waals surface area contributed by atoms with E-state index < -0.39 is 77.9 Å². The molecule has 0 unspecified atom stereocenters. The van der Waals surface area contributed by atoms with Crippen LogP contribution in [0, 0.1) is 11.8 Å². The quantitative estimate of drug-likeness (QED) is 0.0123. The summed E-state index contributed by atoms with van der Waals surface area (Å²) in [5.74, 6) is -2.37. The number of urea groups is 1. The number of amides is 9. The zero-order chi connectivity index (χ0) is 60.4. The van der Waals surface area contributed by atoms with Crippen molar-refractivity contribution in [3.8, 4) is 0 Å². The van der Waals surface area contributed by atoms with Crippen LogP contribution in [-0.2, 0) is 63.9 Å². The molecule has 4 rings (SSSR count). The maximum atomic E-state index is 13.6. The van der Waals surface area contributed by atoms with Gasteiger partial charge in [0.2, 0.25) is 35.4 Å². The van der Waals surface area contributed by atoms with Gasteiger partial charge in [0.25, 0.3) is 0 Å². The summed E-state index contributed by atoms with van der Waals surface area (Å²) >= 11 is 1.44. The van der Waals surface area contributed by atoms with Crippen LogP contribution in [0.3, 0.4) is 0 Å².